The first kappa shape index (κ1) is 34.0. The molecular formula is C34H70. The lowest BCUT2D eigenvalue weighted by molar-refractivity contribution is 0.274. The monoisotopic (exact) mass is 479 g/mol. The van der Waals surface area contributed by atoms with E-state index in [2.05, 4.69) is 62.3 Å². The van der Waals surface area contributed by atoms with Crippen LogP contribution in [-0.4, -0.2) is 0 Å². The summed E-state index contributed by atoms with van der Waals surface area (Å²) in [5.41, 5.74) is 0. The Morgan fingerprint density at radius 3 is 0.941 bits per heavy atom. The second-order valence-electron chi connectivity index (χ2n) is 12.7. The van der Waals surface area contributed by atoms with Crippen molar-refractivity contribution in [2.24, 2.45) is 41.4 Å². The van der Waals surface area contributed by atoms with Crippen LogP contribution < -0.4 is 0 Å². The first-order valence-corrected chi connectivity index (χ1v) is 16.3. The van der Waals surface area contributed by atoms with E-state index in [1.54, 1.807) is 0 Å². The molecule has 0 aromatic carbocycles. The third-order valence-electron chi connectivity index (χ3n) is 9.94. The molecule has 0 rings (SSSR count). The van der Waals surface area contributed by atoms with Gasteiger partial charge in [0.1, 0.15) is 0 Å². The van der Waals surface area contributed by atoms with E-state index in [0.717, 1.165) is 41.4 Å². The predicted molar refractivity (Wildman–Crippen MR) is 159 cm³/mol. The minimum absolute atomic E-state index is 0.910. The van der Waals surface area contributed by atoms with Gasteiger partial charge in [0.25, 0.3) is 0 Å². The molecule has 0 amide bonds. The Hall–Kier alpha value is 0. The summed E-state index contributed by atoms with van der Waals surface area (Å²) < 4.78 is 0. The molecule has 206 valence electrons. The van der Waals surface area contributed by atoms with Crippen LogP contribution in [0.2, 0.25) is 0 Å². The maximum Gasteiger partial charge on any atom is -0.0414 e. The average molecular weight is 479 g/mol. The quantitative estimate of drug-likeness (QED) is 0.129. The first-order valence-electron chi connectivity index (χ1n) is 16.3. The van der Waals surface area contributed by atoms with Gasteiger partial charge >= 0.3 is 0 Å². The molecule has 0 radical (unpaired) electrons. The zero-order valence-electron chi connectivity index (χ0n) is 25.8. The highest BCUT2D eigenvalue weighted by molar-refractivity contribution is 4.70. The SMILES string of the molecule is CCC(CC)CC[C@@H](CC)CC[C@@H](CC[C@@H](C)CC)CC[C@H](CC)CC[C@H](C)CC[C@@H](C)CC. The molecule has 0 bridgehead atoms. The maximum absolute atomic E-state index is 2.51. The zero-order valence-corrected chi connectivity index (χ0v) is 25.8. The Morgan fingerprint density at radius 2 is 0.529 bits per heavy atom. The summed E-state index contributed by atoms with van der Waals surface area (Å²) in [5.74, 6) is 6.63. The summed E-state index contributed by atoms with van der Waals surface area (Å²) in [6.07, 6.45) is 25.9. The summed E-state index contributed by atoms with van der Waals surface area (Å²) >= 11 is 0. The Balaban J connectivity index is 4.64. The summed E-state index contributed by atoms with van der Waals surface area (Å²) in [6.45, 7) is 21.8. The average Bonchev–Trinajstić information content (AvgIpc) is 2.86. The molecule has 0 heterocycles. The molecule has 0 aliphatic carbocycles. The lowest BCUT2D eigenvalue weighted by Gasteiger charge is -2.25. The fourth-order valence-corrected chi connectivity index (χ4v) is 5.81. The molecule has 0 aliphatic heterocycles. The molecule has 0 aromatic rings. The van der Waals surface area contributed by atoms with E-state index in [9.17, 15) is 0 Å². The van der Waals surface area contributed by atoms with Gasteiger partial charge in [-0.05, 0) is 41.4 Å². The van der Waals surface area contributed by atoms with E-state index < -0.39 is 0 Å². The molecular weight excluding hydrogens is 408 g/mol. The molecule has 6 atom stereocenters. The van der Waals surface area contributed by atoms with Gasteiger partial charge < -0.3 is 0 Å². The van der Waals surface area contributed by atoms with Crippen LogP contribution in [-0.2, 0) is 0 Å². The van der Waals surface area contributed by atoms with Gasteiger partial charge in [0.15, 0.2) is 0 Å². The standard InChI is InChI=1S/C34H70/c1-10-28(7)16-17-30(9)19-20-32(14-5)24-26-34(21-18-29(8)11-2)27-25-33(15-6)23-22-31(12-3)13-4/h28-34H,10-27H2,1-9H3/t28-,29-,30+,32+,33+,34-/m0/s1. The highest BCUT2D eigenvalue weighted by atomic mass is 14.2. The van der Waals surface area contributed by atoms with Gasteiger partial charge in [-0.3, -0.25) is 0 Å². The zero-order chi connectivity index (χ0) is 25.8. The van der Waals surface area contributed by atoms with Crippen LogP contribution in [0.1, 0.15) is 178 Å². The highest BCUT2D eigenvalue weighted by Crippen LogP contribution is 2.32. The molecule has 0 saturated heterocycles. The van der Waals surface area contributed by atoms with E-state index in [0.29, 0.717) is 0 Å². The number of hydrogen-bond donors (Lipinski definition) is 0. The molecule has 0 nitrogen and oxygen atoms in total. The van der Waals surface area contributed by atoms with Crippen LogP contribution in [0.15, 0.2) is 0 Å². The molecule has 0 unspecified atom stereocenters. The minimum atomic E-state index is 0.910. The van der Waals surface area contributed by atoms with Gasteiger partial charge in [-0.25, -0.2) is 0 Å². The van der Waals surface area contributed by atoms with Gasteiger partial charge in [0.2, 0.25) is 0 Å². The number of rotatable bonds is 24. The highest BCUT2D eigenvalue weighted by Gasteiger charge is 2.18. The Kier molecular flexibility index (Phi) is 22.2. The van der Waals surface area contributed by atoms with Crippen molar-refractivity contribution in [2.75, 3.05) is 0 Å². The van der Waals surface area contributed by atoms with Crippen LogP contribution in [0.5, 0.6) is 0 Å². The lowest BCUT2D eigenvalue weighted by Crippen LogP contribution is -2.11. The third kappa shape index (κ3) is 17.4. The van der Waals surface area contributed by atoms with Crippen LogP contribution in [0.25, 0.3) is 0 Å². The third-order valence-corrected chi connectivity index (χ3v) is 9.94. The van der Waals surface area contributed by atoms with Crippen molar-refractivity contribution in [3.63, 3.8) is 0 Å². The van der Waals surface area contributed by atoms with Gasteiger partial charge in [0.05, 0.1) is 0 Å². The summed E-state index contributed by atoms with van der Waals surface area (Å²) in [7, 11) is 0. The second kappa shape index (κ2) is 22.2. The topological polar surface area (TPSA) is 0 Å². The van der Waals surface area contributed by atoms with Crippen molar-refractivity contribution in [1.82, 2.24) is 0 Å². The van der Waals surface area contributed by atoms with Gasteiger partial charge in [-0.1, -0.05) is 178 Å². The van der Waals surface area contributed by atoms with E-state index in [1.807, 2.05) is 0 Å². The molecule has 0 aliphatic rings. The molecule has 34 heavy (non-hydrogen) atoms. The summed E-state index contributed by atoms with van der Waals surface area (Å²) in [4.78, 5) is 0. The fourth-order valence-electron chi connectivity index (χ4n) is 5.81. The van der Waals surface area contributed by atoms with Crippen molar-refractivity contribution < 1.29 is 0 Å². The number of hydrogen-bond acceptors (Lipinski definition) is 0. The van der Waals surface area contributed by atoms with Crippen LogP contribution in [0.3, 0.4) is 0 Å². The first-order chi connectivity index (χ1) is 16.3. The maximum atomic E-state index is 2.51. The summed E-state index contributed by atoms with van der Waals surface area (Å²) in [6, 6.07) is 0. The van der Waals surface area contributed by atoms with Crippen LogP contribution in [0, 0.1) is 41.4 Å². The molecule has 0 saturated carbocycles. The van der Waals surface area contributed by atoms with E-state index in [-0.39, 0.29) is 0 Å². The van der Waals surface area contributed by atoms with Crippen molar-refractivity contribution >= 4 is 0 Å². The lowest BCUT2D eigenvalue weighted by atomic mass is 9.81. The van der Waals surface area contributed by atoms with Crippen molar-refractivity contribution in [2.45, 2.75) is 178 Å². The molecule has 0 N–H and O–H groups in total. The normalized spacial score (nSPS) is 17.5. The van der Waals surface area contributed by atoms with Crippen LogP contribution in [0.4, 0.5) is 0 Å². The largest absolute Gasteiger partial charge is 0.0651 e. The fraction of sp³-hybridized carbons (Fsp3) is 1.00. The minimum Gasteiger partial charge on any atom is -0.0651 e. The smallest absolute Gasteiger partial charge is 0.0414 e. The van der Waals surface area contributed by atoms with Crippen molar-refractivity contribution in [1.29, 1.82) is 0 Å². The van der Waals surface area contributed by atoms with Gasteiger partial charge in [-0.2, -0.15) is 0 Å². The predicted octanol–water partition coefficient (Wildman–Crippen LogP) is 12.5. The summed E-state index contributed by atoms with van der Waals surface area (Å²) in [5, 5.41) is 0. The van der Waals surface area contributed by atoms with Gasteiger partial charge in [-0.15, -0.1) is 0 Å². The van der Waals surface area contributed by atoms with Crippen molar-refractivity contribution in [3.8, 4) is 0 Å². The Labute approximate surface area is 219 Å². The Bertz CT molecular complexity index is 408. The molecule has 0 fully saturated rings. The van der Waals surface area contributed by atoms with Gasteiger partial charge in [0, 0.05) is 0 Å². The Morgan fingerprint density at radius 1 is 0.265 bits per heavy atom. The van der Waals surface area contributed by atoms with E-state index >= 15 is 0 Å². The van der Waals surface area contributed by atoms with E-state index in [1.165, 1.54) is 116 Å². The molecule has 0 heteroatoms. The van der Waals surface area contributed by atoms with Crippen molar-refractivity contribution in [3.05, 3.63) is 0 Å². The van der Waals surface area contributed by atoms with Crippen LogP contribution >= 0.6 is 0 Å². The molecule has 0 aromatic heterocycles. The second-order valence-corrected chi connectivity index (χ2v) is 12.7. The molecule has 0 spiro atoms. The van der Waals surface area contributed by atoms with E-state index in [4.69, 9.17) is 0 Å².